The lowest BCUT2D eigenvalue weighted by Crippen LogP contribution is -2.07. The Balaban J connectivity index is 1.68. The van der Waals surface area contributed by atoms with Crippen LogP contribution in [-0.4, -0.2) is 4.98 Å². The van der Waals surface area contributed by atoms with Gasteiger partial charge >= 0.3 is 6.18 Å². The van der Waals surface area contributed by atoms with Crippen molar-refractivity contribution in [3.8, 4) is 28.0 Å². The van der Waals surface area contributed by atoms with Crippen LogP contribution in [-0.2, 0) is 12.8 Å². The minimum Gasteiger partial charge on any atom is -0.489 e. The lowest BCUT2D eigenvalue weighted by atomic mass is 9.90. The van der Waals surface area contributed by atoms with E-state index in [0.717, 1.165) is 29.3 Å². The monoisotopic (exact) mass is 505 g/mol. The topological polar surface area (TPSA) is 22.1 Å². The lowest BCUT2D eigenvalue weighted by Gasteiger charge is -2.18. The molecule has 0 N–H and O–H groups in total. The Labute approximate surface area is 210 Å². The van der Waals surface area contributed by atoms with E-state index in [1.807, 2.05) is 31.2 Å². The number of hydrogen-bond acceptors (Lipinski definition) is 2. The summed E-state index contributed by atoms with van der Waals surface area (Å²) in [5, 5.41) is 0.327. The van der Waals surface area contributed by atoms with E-state index < -0.39 is 23.4 Å². The molecule has 0 bridgehead atoms. The first-order valence-electron chi connectivity index (χ1n) is 11.4. The van der Waals surface area contributed by atoms with Gasteiger partial charge < -0.3 is 4.74 Å². The van der Waals surface area contributed by atoms with Crippen molar-refractivity contribution in [3.63, 3.8) is 0 Å². The maximum absolute atomic E-state index is 14.1. The molecule has 5 rings (SSSR count). The highest BCUT2D eigenvalue weighted by atomic mass is 19.4. The van der Waals surface area contributed by atoms with Crippen LogP contribution in [0, 0.1) is 18.6 Å². The standard InChI is InChI=1S/C30H20F5NO/c1-18-7-2-3-10-21(18)23-16-36-29-22(11-5-12-25(29)30(33,34)35)28(23)19-8-4-9-20(15-19)37-17-24-26(31)13-6-14-27(24)32/h2-16H,17H2,1H3. The predicted molar refractivity (Wildman–Crippen MR) is 133 cm³/mol. The molecule has 0 aliphatic heterocycles. The van der Waals surface area contributed by atoms with E-state index in [4.69, 9.17) is 4.74 Å². The summed E-state index contributed by atoms with van der Waals surface area (Å²) in [6.45, 7) is 1.57. The van der Waals surface area contributed by atoms with Crippen molar-refractivity contribution >= 4 is 10.9 Å². The molecule has 0 atom stereocenters. The van der Waals surface area contributed by atoms with E-state index in [1.165, 1.54) is 18.3 Å². The van der Waals surface area contributed by atoms with Crippen molar-refractivity contribution in [1.29, 1.82) is 0 Å². The van der Waals surface area contributed by atoms with Gasteiger partial charge in [-0.3, -0.25) is 4.98 Å². The largest absolute Gasteiger partial charge is 0.489 e. The van der Waals surface area contributed by atoms with Crippen LogP contribution in [0.25, 0.3) is 33.2 Å². The van der Waals surface area contributed by atoms with E-state index in [0.29, 0.717) is 27.8 Å². The molecule has 0 spiro atoms. The molecule has 2 nitrogen and oxygen atoms in total. The molecule has 7 heteroatoms. The minimum absolute atomic E-state index is 0.165. The molecule has 0 fully saturated rings. The Hall–Kier alpha value is -4.26. The number of nitrogens with zero attached hydrogens (tertiary/aromatic N) is 1. The SMILES string of the molecule is Cc1ccccc1-c1cnc2c(C(F)(F)F)cccc2c1-c1cccc(OCc2c(F)cccc2F)c1. The number of aromatic nitrogens is 1. The van der Waals surface area contributed by atoms with Gasteiger partial charge in [0.05, 0.1) is 16.6 Å². The summed E-state index contributed by atoms with van der Waals surface area (Å²) < 4.78 is 75.3. The Morgan fingerprint density at radius 3 is 2.22 bits per heavy atom. The highest BCUT2D eigenvalue weighted by Crippen LogP contribution is 2.42. The highest BCUT2D eigenvalue weighted by molar-refractivity contribution is 6.03. The smallest absolute Gasteiger partial charge is 0.418 e. The number of alkyl halides is 3. The maximum Gasteiger partial charge on any atom is 0.418 e. The van der Waals surface area contributed by atoms with Crippen molar-refractivity contribution in [1.82, 2.24) is 4.98 Å². The molecular weight excluding hydrogens is 485 g/mol. The molecule has 1 heterocycles. The van der Waals surface area contributed by atoms with E-state index in [1.54, 1.807) is 30.3 Å². The van der Waals surface area contributed by atoms with Gasteiger partial charge in [-0.2, -0.15) is 13.2 Å². The van der Waals surface area contributed by atoms with Crippen LogP contribution >= 0.6 is 0 Å². The van der Waals surface area contributed by atoms with Crippen LogP contribution in [0.4, 0.5) is 22.0 Å². The average molecular weight is 505 g/mol. The number of benzene rings is 4. The second-order valence-electron chi connectivity index (χ2n) is 8.58. The Morgan fingerprint density at radius 1 is 0.784 bits per heavy atom. The fourth-order valence-electron chi connectivity index (χ4n) is 4.41. The van der Waals surface area contributed by atoms with Crippen molar-refractivity contribution in [2.45, 2.75) is 19.7 Å². The first-order chi connectivity index (χ1) is 17.7. The van der Waals surface area contributed by atoms with Gasteiger partial charge in [-0.1, -0.05) is 54.6 Å². The number of rotatable bonds is 5. The summed E-state index contributed by atoms with van der Waals surface area (Å²) in [6, 6.07) is 21.8. The van der Waals surface area contributed by atoms with Crippen LogP contribution < -0.4 is 4.74 Å². The van der Waals surface area contributed by atoms with E-state index in [2.05, 4.69) is 4.98 Å². The van der Waals surface area contributed by atoms with Crippen LogP contribution in [0.5, 0.6) is 5.75 Å². The molecule has 0 aliphatic rings. The van der Waals surface area contributed by atoms with Crippen LogP contribution in [0.2, 0.25) is 0 Å². The third-order valence-corrected chi connectivity index (χ3v) is 6.21. The average Bonchev–Trinajstić information content (AvgIpc) is 2.87. The number of para-hydroxylation sites is 1. The van der Waals surface area contributed by atoms with Crippen molar-refractivity contribution in [3.05, 3.63) is 119 Å². The normalized spacial score (nSPS) is 11.6. The van der Waals surface area contributed by atoms with E-state index in [-0.39, 0.29) is 17.7 Å². The van der Waals surface area contributed by atoms with Gasteiger partial charge in [0.2, 0.25) is 0 Å². The van der Waals surface area contributed by atoms with Crippen LogP contribution in [0.15, 0.2) is 91.1 Å². The number of pyridine rings is 1. The summed E-state index contributed by atoms with van der Waals surface area (Å²) in [7, 11) is 0. The Kier molecular flexibility index (Phi) is 6.38. The number of hydrogen-bond donors (Lipinski definition) is 0. The zero-order valence-electron chi connectivity index (χ0n) is 19.6. The number of halogens is 5. The summed E-state index contributed by atoms with van der Waals surface area (Å²) in [5.74, 6) is -1.14. The molecule has 0 saturated carbocycles. The molecule has 0 radical (unpaired) electrons. The zero-order chi connectivity index (χ0) is 26.2. The summed E-state index contributed by atoms with van der Waals surface area (Å²) in [5.41, 5.74) is 2.33. The second kappa shape index (κ2) is 9.65. The molecule has 5 aromatic rings. The fraction of sp³-hybridized carbons (Fsp3) is 0.100. The summed E-state index contributed by atoms with van der Waals surface area (Å²) >= 11 is 0. The number of ether oxygens (including phenoxy) is 1. The van der Waals surface area contributed by atoms with Crippen LogP contribution in [0.1, 0.15) is 16.7 Å². The Morgan fingerprint density at radius 2 is 1.49 bits per heavy atom. The maximum atomic E-state index is 14.1. The second-order valence-corrected chi connectivity index (χ2v) is 8.58. The molecule has 0 unspecified atom stereocenters. The molecule has 0 aliphatic carbocycles. The summed E-state index contributed by atoms with van der Waals surface area (Å²) in [4.78, 5) is 4.23. The molecular formula is C30H20F5NO. The van der Waals surface area contributed by atoms with Crippen molar-refractivity contribution in [2.24, 2.45) is 0 Å². The van der Waals surface area contributed by atoms with Gasteiger partial charge in [-0.05, 0) is 53.9 Å². The highest BCUT2D eigenvalue weighted by Gasteiger charge is 2.33. The molecule has 0 saturated heterocycles. The first-order valence-corrected chi connectivity index (χ1v) is 11.4. The number of aryl methyl sites for hydroxylation is 1. The van der Waals surface area contributed by atoms with Gasteiger partial charge in [0.1, 0.15) is 24.0 Å². The fourth-order valence-corrected chi connectivity index (χ4v) is 4.41. The lowest BCUT2D eigenvalue weighted by molar-refractivity contribution is -0.136. The third-order valence-electron chi connectivity index (χ3n) is 6.21. The van der Waals surface area contributed by atoms with Gasteiger partial charge in [0.15, 0.2) is 0 Å². The third kappa shape index (κ3) is 4.77. The first kappa shape index (κ1) is 24.4. The van der Waals surface area contributed by atoms with E-state index in [9.17, 15) is 22.0 Å². The van der Waals surface area contributed by atoms with Crippen molar-refractivity contribution < 1.29 is 26.7 Å². The van der Waals surface area contributed by atoms with Crippen LogP contribution in [0.3, 0.4) is 0 Å². The van der Waals surface area contributed by atoms with Gasteiger partial charge in [0, 0.05) is 22.7 Å². The predicted octanol–water partition coefficient (Wildman–Crippen LogP) is 8.75. The van der Waals surface area contributed by atoms with Gasteiger partial charge in [-0.15, -0.1) is 0 Å². The Bertz CT molecular complexity index is 1590. The molecule has 37 heavy (non-hydrogen) atoms. The summed E-state index contributed by atoms with van der Waals surface area (Å²) in [6.07, 6.45) is -3.12. The molecule has 1 aromatic heterocycles. The minimum atomic E-state index is -4.58. The number of fused-ring (bicyclic) bond motifs is 1. The van der Waals surface area contributed by atoms with Gasteiger partial charge in [0.25, 0.3) is 0 Å². The van der Waals surface area contributed by atoms with Crippen molar-refractivity contribution in [2.75, 3.05) is 0 Å². The van der Waals surface area contributed by atoms with E-state index >= 15 is 0 Å². The van der Waals surface area contributed by atoms with Gasteiger partial charge in [-0.25, -0.2) is 8.78 Å². The molecule has 0 amide bonds. The molecule has 186 valence electrons. The molecule has 4 aromatic carbocycles. The quantitative estimate of drug-likeness (QED) is 0.223. The zero-order valence-corrected chi connectivity index (χ0v) is 19.6.